The maximum absolute atomic E-state index is 5.93. The lowest BCUT2D eigenvalue weighted by Gasteiger charge is -2.00. The minimum absolute atomic E-state index is 0.537. The van der Waals surface area contributed by atoms with Crippen LogP contribution in [0.1, 0.15) is 11.4 Å². The molecule has 0 saturated heterocycles. The van der Waals surface area contributed by atoms with Crippen LogP contribution in [0.25, 0.3) is 0 Å². The van der Waals surface area contributed by atoms with Crippen LogP contribution in [0.2, 0.25) is 10.0 Å². The molecule has 0 unspecified atom stereocenters. The molecule has 0 radical (unpaired) electrons. The van der Waals surface area contributed by atoms with Crippen LogP contribution < -0.4 is 0 Å². The Kier molecular flexibility index (Phi) is 3.33. The normalized spacial score (nSPS) is 10.7. The van der Waals surface area contributed by atoms with Crippen molar-refractivity contribution in [2.45, 2.75) is 6.42 Å². The van der Waals surface area contributed by atoms with Crippen molar-refractivity contribution in [3.8, 4) is 0 Å². The van der Waals surface area contributed by atoms with E-state index in [2.05, 4.69) is 10.1 Å². The molecule has 1 N–H and O–H groups in total. The summed E-state index contributed by atoms with van der Waals surface area (Å²) < 4.78 is 2.23. The van der Waals surface area contributed by atoms with Crippen molar-refractivity contribution in [2.24, 2.45) is 7.05 Å². The molecule has 2 rings (SSSR count). The average molecular weight is 274 g/mol. The molecule has 16 heavy (non-hydrogen) atoms. The molecule has 0 atom stereocenters. The molecule has 0 fully saturated rings. The standard InChI is InChI=1S/C10H9Cl2N3S/c1-15-10(16)13-9(14-15)5-6-2-3-7(11)8(12)4-6/h2-4H,5H2,1H3,(H,13,14,16). The van der Waals surface area contributed by atoms with E-state index in [1.165, 1.54) is 0 Å². The van der Waals surface area contributed by atoms with Gasteiger partial charge < -0.3 is 0 Å². The zero-order valence-electron chi connectivity index (χ0n) is 8.50. The smallest absolute Gasteiger partial charge is 0.215 e. The Bertz CT molecular complexity index is 574. The molecule has 0 aliphatic rings. The Morgan fingerprint density at radius 2 is 2.12 bits per heavy atom. The minimum atomic E-state index is 0.537. The van der Waals surface area contributed by atoms with E-state index in [9.17, 15) is 0 Å². The first-order chi connectivity index (χ1) is 7.56. The number of aryl methyl sites for hydroxylation is 1. The number of halogens is 2. The molecule has 1 aromatic carbocycles. The summed E-state index contributed by atoms with van der Waals surface area (Å²) in [4.78, 5) is 4.20. The Hall–Kier alpha value is -0.840. The fourth-order valence-corrected chi connectivity index (χ4v) is 1.86. The SMILES string of the molecule is Cn1[nH]c(Cc2ccc(Cl)c(Cl)c2)nc1=S. The number of nitrogens with zero attached hydrogens (tertiary/aromatic N) is 2. The number of benzene rings is 1. The average Bonchev–Trinajstić information content (AvgIpc) is 2.52. The lowest BCUT2D eigenvalue weighted by Crippen LogP contribution is -1.94. The van der Waals surface area contributed by atoms with Crippen LogP contribution in [-0.2, 0) is 13.5 Å². The summed E-state index contributed by atoms with van der Waals surface area (Å²) >= 11 is 16.8. The van der Waals surface area contributed by atoms with Gasteiger partial charge in [0.05, 0.1) is 10.0 Å². The molecular weight excluding hydrogens is 265 g/mol. The monoisotopic (exact) mass is 273 g/mol. The molecular formula is C10H9Cl2N3S. The first-order valence-electron chi connectivity index (χ1n) is 4.62. The van der Waals surface area contributed by atoms with Crippen molar-refractivity contribution in [3.63, 3.8) is 0 Å². The van der Waals surface area contributed by atoms with Gasteiger partial charge in [0.25, 0.3) is 0 Å². The predicted octanol–water partition coefficient (Wildman–Crippen LogP) is 3.38. The van der Waals surface area contributed by atoms with Gasteiger partial charge in [0.1, 0.15) is 5.82 Å². The number of H-pyrrole nitrogens is 1. The largest absolute Gasteiger partial charge is 0.283 e. The van der Waals surface area contributed by atoms with Crippen molar-refractivity contribution in [2.75, 3.05) is 0 Å². The highest BCUT2D eigenvalue weighted by atomic mass is 35.5. The molecule has 2 aromatic rings. The number of hydrogen-bond donors (Lipinski definition) is 1. The maximum atomic E-state index is 5.93. The quantitative estimate of drug-likeness (QED) is 0.852. The van der Waals surface area contributed by atoms with Gasteiger partial charge in [-0.1, -0.05) is 29.3 Å². The number of hydrogen-bond acceptors (Lipinski definition) is 2. The van der Waals surface area contributed by atoms with Crippen LogP contribution in [0.3, 0.4) is 0 Å². The van der Waals surface area contributed by atoms with E-state index in [4.69, 9.17) is 35.4 Å². The molecule has 0 amide bonds. The van der Waals surface area contributed by atoms with E-state index in [1.54, 1.807) is 10.7 Å². The number of aromatic nitrogens is 3. The van der Waals surface area contributed by atoms with Crippen molar-refractivity contribution in [3.05, 3.63) is 44.4 Å². The second kappa shape index (κ2) is 4.57. The van der Waals surface area contributed by atoms with Crippen LogP contribution in [-0.4, -0.2) is 14.8 Å². The molecule has 1 aromatic heterocycles. The third-order valence-electron chi connectivity index (χ3n) is 2.17. The summed E-state index contributed by atoms with van der Waals surface area (Å²) in [6.45, 7) is 0. The van der Waals surface area contributed by atoms with Crippen LogP contribution >= 0.6 is 35.4 Å². The molecule has 1 heterocycles. The summed E-state index contributed by atoms with van der Waals surface area (Å²) in [7, 11) is 1.83. The highest BCUT2D eigenvalue weighted by molar-refractivity contribution is 7.71. The summed E-state index contributed by atoms with van der Waals surface area (Å²) in [6.07, 6.45) is 0.654. The second-order valence-corrected chi connectivity index (χ2v) is 4.62. The van der Waals surface area contributed by atoms with E-state index in [1.807, 2.05) is 19.2 Å². The number of aromatic amines is 1. The van der Waals surface area contributed by atoms with Crippen LogP contribution in [0.4, 0.5) is 0 Å². The van der Waals surface area contributed by atoms with E-state index in [-0.39, 0.29) is 0 Å². The zero-order valence-corrected chi connectivity index (χ0v) is 10.8. The molecule has 0 bridgehead atoms. The highest BCUT2D eigenvalue weighted by Crippen LogP contribution is 2.23. The van der Waals surface area contributed by atoms with Gasteiger partial charge >= 0.3 is 0 Å². The van der Waals surface area contributed by atoms with Crippen LogP contribution in [0.5, 0.6) is 0 Å². The molecule has 3 nitrogen and oxygen atoms in total. The van der Waals surface area contributed by atoms with Crippen LogP contribution in [0.15, 0.2) is 18.2 Å². The summed E-state index contributed by atoms with van der Waals surface area (Å²) in [5.41, 5.74) is 1.04. The Morgan fingerprint density at radius 1 is 1.38 bits per heavy atom. The van der Waals surface area contributed by atoms with E-state index < -0.39 is 0 Å². The Labute approximate surface area is 108 Å². The van der Waals surface area contributed by atoms with E-state index in [0.29, 0.717) is 21.2 Å². The lowest BCUT2D eigenvalue weighted by molar-refractivity contribution is 0.740. The van der Waals surface area contributed by atoms with Gasteiger partial charge in [-0.3, -0.25) is 9.78 Å². The third kappa shape index (κ3) is 2.45. The number of nitrogens with one attached hydrogen (secondary N) is 1. The molecule has 84 valence electrons. The van der Waals surface area contributed by atoms with Gasteiger partial charge in [0.2, 0.25) is 4.77 Å². The van der Waals surface area contributed by atoms with Gasteiger partial charge in [0, 0.05) is 13.5 Å². The maximum Gasteiger partial charge on any atom is 0.215 e. The fraction of sp³-hybridized carbons (Fsp3) is 0.200. The summed E-state index contributed by atoms with van der Waals surface area (Å²) in [6, 6.07) is 5.52. The zero-order chi connectivity index (χ0) is 11.7. The number of rotatable bonds is 2. The Morgan fingerprint density at radius 3 is 2.69 bits per heavy atom. The van der Waals surface area contributed by atoms with Crippen molar-refractivity contribution in [1.82, 2.24) is 14.8 Å². The Balaban J connectivity index is 2.27. The summed E-state index contributed by atoms with van der Waals surface area (Å²) in [5, 5.41) is 4.16. The van der Waals surface area contributed by atoms with Crippen molar-refractivity contribution >= 4 is 35.4 Å². The molecule has 0 aliphatic carbocycles. The second-order valence-electron chi connectivity index (χ2n) is 3.44. The van der Waals surface area contributed by atoms with Gasteiger partial charge in [-0.15, -0.1) is 0 Å². The molecule has 0 aliphatic heterocycles. The lowest BCUT2D eigenvalue weighted by atomic mass is 10.1. The fourth-order valence-electron chi connectivity index (χ4n) is 1.38. The van der Waals surface area contributed by atoms with Crippen molar-refractivity contribution in [1.29, 1.82) is 0 Å². The summed E-state index contributed by atoms with van der Waals surface area (Å²) in [5.74, 6) is 0.811. The van der Waals surface area contributed by atoms with E-state index >= 15 is 0 Å². The highest BCUT2D eigenvalue weighted by Gasteiger charge is 2.03. The molecule has 6 heteroatoms. The molecule has 0 spiro atoms. The van der Waals surface area contributed by atoms with Crippen molar-refractivity contribution < 1.29 is 0 Å². The van der Waals surface area contributed by atoms with Crippen LogP contribution in [0, 0.1) is 4.77 Å². The van der Waals surface area contributed by atoms with Gasteiger partial charge in [-0.2, -0.15) is 0 Å². The van der Waals surface area contributed by atoms with Gasteiger partial charge in [0.15, 0.2) is 0 Å². The third-order valence-corrected chi connectivity index (χ3v) is 3.27. The predicted molar refractivity (Wildman–Crippen MR) is 67.7 cm³/mol. The first kappa shape index (κ1) is 11.6. The van der Waals surface area contributed by atoms with E-state index in [0.717, 1.165) is 11.4 Å². The topological polar surface area (TPSA) is 33.6 Å². The van der Waals surface area contributed by atoms with Gasteiger partial charge in [-0.05, 0) is 29.9 Å². The van der Waals surface area contributed by atoms with Gasteiger partial charge in [-0.25, -0.2) is 4.98 Å². The minimum Gasteiger partial charge on any atom is -0.283 e. The first-order valence-corrected chi connectivity index (χ1v) is 5.78. The molecule has 0 saturated carbocycles.